The molecule has 23 heavy (non-hydrogen) atoms. The number of carbonyl (C=O) groups is 3. The number of carbonyl (C=O) groups excluding carboxylic acids is 3. The van der Waals surface area contributed by atoms with Crippen molar-refractivity contribution >= 4 is 18.2 Å². The maximum atomic E-state index is 12.1. The lowest BCUT2D eigenvalue weighted by Gasteiger charge is -2.18. The van der Waals surface area contributed by atoms with E-state index in [0.29, 0.717) is 23.3 Å². The molecule has 0 radical (unpaired) electrons. The molecule has 1 aromatic carbocycles. The number of methoxy groups -OCH3 is 4. The zero-order chi connectivity index (χ0) is 17.4. The highest BCUT2D eigenvalue weighted by molar-refractivity contribution is 5.86. The van der Waals surface area contributed by atoms with E-state index in [2.05, 4.69) is 4.74 Å². The van der Waals surface area contributed by atoms with Gasteiger partial charge in [0, 0.05) is 12.0 Å². The second-order valence-corrected chi connectivity index (χ2v) is 4.64. The summed E-state index contributed by atoms with van der Waals surface area (Å²) < 4.78 is 19.7. The average molecular weight is 324 g/mol. The highest BCUT2D eigenvalue weighted by Gasteiger charge is 2.27. The summed E-state index contributed by atoms with van der Waals surface area (Å²) in [6, 6.07) is 3.02. The summed E-state index contributed by atoms with van der Waals surface area (Å²) in [5.74, 6) is -1.05. The van der Waals surface area contributed by atoms with Crippen molar-refractivity contribution in [1.29, 1.82) is 0 Å². The first-order chi connectivity index (χ1) is 11.0. The second kappa shape index (κ2) is 8.77. The summed E-state index contributed by atoms with van der Waals surface area (Å²) in [4.78, 5) is 34.8. The molecule has 0 spiro atoms. The van der Waals surface area contributed by atoms with Crippen LogP contribution in [-0.4, -0.2) is 46.7 Å². The van der Waals surface area contributed by atoms with Gasteiger partial charge >= 0.3 is 11.9 Å². The van der Waals surface area contributed by atoms with Crippen LogP contribution < -0.4 is 9.47 Å². The molecule has 0 amide bonds. The fourth-order valence-electron chi connectivity index (χ4n) is 2.22. The number of ether oxygens (including phenoxy) is 4. The molecule has 7 nitrogen and oxygen atoms in total. The molecule has 1 atom stereocenters. The third kappa shape index (κ3) is 4.45. The van der Waals surface area contributed by atoms with E-state index in [9.17, 15) is 14.4 Å². The maximum absolute atomic E-state index is 12.1. The molecular formula is C16H20O7. The topological polar surface area (TPSA) is 88.1 Å². The van der Waals surface area contributed by atoms with Crippen molar-refractivity contribution in [2.45, 2.75) is 18.8 Å². The van der Waals surface area contributed by atoms with Gasteiger partial charge in [-0.25, -0.2) is 0 Å². The van der Waals surface area contributed by atoms with E-state index in [1.54, 1.807) is 6.07 Å². The first kappa shape index (κ1) is 18.5. The summed E-state index contributed by atoms with van der Waals surface area (Å²) in [5, 5.41) is 0. The zero-order valence-corrected chi connectivity index (χ0v) is 13.6. The molecule has 0 bridgehead atoms. The van der Waals surface area contributed by atoms with Gasteiger partial charge in [-0.15, -0.1) is 0 Å². The van der Waals surface area contributed by atoms with Crippen LogP contribution in [0.25, 0.3) is 0 Å². The minimum Gasteiger partial charge on any atom is -0.493 e. The molecule has 1 rings (SSSR count). The Labute approximate surface area is 134 Å². The lowest BCUT2D eigenvalue weighted by Crippen LogP contribution is -2.18. The summed E-state index contributed by atoms with van der Waals surface area (Å²) in [6.07, 6.45) is 0.782. The Morgan fingerprint density at radius 1 is 1.04 bits per heavy atom. The Kier molecular flexibility index (Phi) is 7.05. The predicted molar refractivity (Wildman–Crippen MR) is 80.9 cm³/mol. The number of hydrogen-bond donors (Lipinski definition) is 0. The molecule has 7 heteroatoms. The van der Waals surface area contributed by atoms with Crippen LogP contribution >= 0.6 is 0 Å². The second-order valence-electron chi connectivity index (χ2n) is 4.64. The first-order valence-electron chi connectivity index (χ1n) is 6.88. The highest BCUT2D eigenvalue weighted by atomic mass is 16.5. The third-order valence-electron chi connectivity index (χ3n) is 3.44. The number of rotatable bonds is 8. The van der Waals surface area contributed by atoms with Gasteiger partial charge in [0.2, 0.25) is 0 Å². The molecule has 0 aliphatic carbocycles. The average Bonchev–Trinajstić information content (AvgIpc) is 2.60. The lowest BCUT2D eigenvalue weighted by atomic mass is 9.90. The van der Waals surface area contributed by atoms with Crippen molar-refractivity contribution < 1.29 is 33.3 Å². The molecule has 0 aliphatic heterocycles. The van der Waals surface area contributed by atoms with Crippen molar-refractivity contribution in [2.24, 2.45) is 0 Å². The van der Waals surface area contributed by atoms with Gasteiger partial charge in [0.15, 0.2) is 11.5 Å². The van der Waals surface area contributed by atoms with Gasteiger partial charge in [-0.05, 0) is 24.1 Å². The standard InChI is InChI=1S/C16H20O7/c1-20-13-7-10(9-17)12(8-14(13)21-2)11(16(19)23-4)5-6-15(18)22-3/h7-9,11H,5-6H2,1-4H3. The molecule has 0 saturated carbocycles. The van der Waals surface area contributed by atoms with Gasteiger partial charge in [0.25, 0.3) is 0 Å². The van der Waals surface area contributed by atoms with Crippen LogP contribution in [0.15, 0.2) is 12.1 Å². The molecule has 1 unspecified atom stereocenters. The minimum atomic E-state index is -0.792. The van der Waals surface area contributed by atoms with Crippen LogP contribution in [0, 0.1) is 0 Å². The van der Waals surface area contributed by atoms with E-state index in [-0.39, 0.29) is 18.4 Å². The molecule has 0 aromatic heterocycles. The Bertz CT molecular complexity index is 580. The monoisotopic (exact) mass is 324 g/mol. The van der Waals surface area contributed by atoms with Gasteiger partial charge in [-0.3, -0.25) is 14.4 Å². The summed E-state index contributed by atoms with van der Waals surface area (Å²) in [5.41, 5.74) is 0.677. The van der Waals surface area contributed by atoms with Crippen molar-refractivity contribution in [3.05, 3.63) is 23.3 Å². The zero-order valence-electron chi connectivity index (χ0n) is 13.6. The predicted octanol–water partition coefficient (Wildman–Crippen LogP) is 1.73. The van der Waals surface area contributed by atoms with Crippen molar-refractivity contribution in [3.8, 4) is 11.5 Å². The Balaban J connectivity index is 3.30. The summed E-state index contributed by atoms with van der Waals surface area (Å²) >= 11 is 0. The van der Waals surface area contributed by atoms with E-state index < -0.39 is 17.9 Å². The fraction of sp³-hybridized carbons (Fsp3) is 0.438. The normalized spacial score (nSPS) is 11.3. The van der Waals surface area contributed by atoms with E-state index in [0.717, 1.165) is 0 Å². The van der Waals surface area contributed by atoms with Gasteiger partial charge in [0.1, 0.15) is 6.29 Å². The van der Waals surface area contributed by atoms with E-state index >= 15 is 0 Å². The molecule has 0 fully saturated rings. The van der Waals surface area contributed by atoms with Crippen LogP contribution in [0.2, 0.25) is 0 Å². The number of esters is 2. The summed E-state index contributed by atoms with van der Waals surface area (Å²) in [6.45, 7) is 0. The van der Waals surface area contributed by atoms with Crippen LogP contribution in [0.1, 0.15) is 34.7 Å². The maximum Gasteiger partial charge on any atom is 0.313 e. The van der Waals surface area contributed by atoms with Crippen LogP contribution in [0.3, 0.4) is 0 Å². The van der Waals surface area contributed by atoms with Crippen LogP contribution in [-0.2, 0) is 19.1 Å². The van der Waals surface area contributed by atoms with Gasteiger partial charge in [-0.2, -0.15) is 0 Å². The first-order valence-corrected chi connectivity index (χ1v) is 6.88. The number of aldehydes is 1. The van der Waals surface area contributed by atoms with Gasteiger partial charge in [-0.1, -0.05) is 0 Å². The number of hydrogen-bond acceptors (Lipinski definition) is 7. The molecule has 0 saturated heterocycles. The molecular weight excluding hydrogens is 304 g/mol. The van der Waals surface area contributed by atoms with E-state index in [1.807, 2.05) is 0 Å². The highest BCUT2D eigenvalue weighted by Crippen LogP contribution is 2.35. The molecule has 1 aromatic rings. The van der Waals surface area contributed by atoms with Crippen LogP contribution in [0.5, 0.6) is 11.5 Å². The van der Waals surface area contributed by atoms with Crippen molar-refractivity contribution in [2.75, 3.05) is 28.4 Å². The van der Waals surface area contributed by atoms with Crippen molar-refractivity contribution in [1.82, 2.24) is 0 Å². The Morgan fingerprint density at radius 2 is 1.65 bits per heavy atom. The Hall–Kier alpha value is -2.57. The number of benzene rings is 1. The molecule has 126 valence electrons. The summed E-state index contributed by atoms with van der Waals surface area (Å²) in [7, 11) is 5.41. The third-order valence-corrected chi connectivity index (χ3v) is 3.44. The van der Waals surface area contributed by atoms with Gasteiger partial charge in [0.05, 0.1) is 34.4 Å². The SMILES string of the molecule is COC(=O)CCC(C(=O)OC)c1cc(OC)c(OC)cc1C=O. The van der Waals surface area contributed by atoms with E-state index in [1.165, 1.54) is 34.5 Å². The molecule has 0 heterocycles. The van der Waals surface area contributed by atoms with E-state index in [4.69, 9.17) is 14.2 Å². The molecule has 0 N–H and O–H groups in total. The smallest absolute Gasteiger partial charge is 0.313 e. The fourth-order valence-corrected chi connectivity index (χ4v) is 2.22. The Morgan fingerprint density at radius 3 is 2.13 bits per heavy atom. The largest absolute Gasteiger partial charge is 0.493 e. The molecule has 0 aliphatic rings. The van der Waals surface area contributed by atoms with Gasteiger partial charge < -0.3 is 18.9 Å². The van der Waals surface area contributed by atoms with Crippen molar-refractivity contribution in [3.63, 3.8) is 0 Å². The van der Waals surface area contributed by atoms with Crippen LogP contribution in [0.4, 0.5) is 0 Å². The quantitative estimate of drug-likeness (QED) is 0.531. The lowest BCUT2D eigenvalue weighted by molar-refractivity contribution is -0.143. The minimum absolute atomic E-state index is 0.0168.